The van der Waals surface area contributed by atoms with Gasteiger partial charge in [0, 0.05) is 20.0 Å². The molecule has 0 radical (unpaired) electrons. The second-order valence-electron chi connectivity index (χ2n) is 4.03. The number of hydrogen-bond acceptors (Lipinski definition) is 2. The molecular weight excluding hydrogens is 202 g/mol. The summed E-state index contributed by atoms with van der Waals surface area (Å²) in [6.07, 6.45) is 0.861. The molecule has 0 bridgehead atoms. The molecule has 1 atom stereocenters. The lowest BCUT2D eigenvalue weighted by atomic mass is 10.1. The minimum Gasteiger partial charge on any atom is -0.497 e. The Hall–Kier alpha value is -1.51. The molecule has 0 aliphatic heterocycles. The normalized spacial score (nSPS) is 12.0. The van der Waals surface area contributed by atoms with Gasteiger partial charge in [0.25, 0.3) is 0 Å². The third kappa shape index (κ3) is 3.26. The molecular formula is C13H19NO2. The SMILES string of the molecule is COc1ccc(CC(C)N(C)C(C)=O)cc1. The first-order valence-electron chi connectivity index (χ1n) is 5.41. The Kier molecular flexibility index (Phi) is 4.35. The molecule has 0 saturated carbocycles. The predicted octanol–water partition coefficient (Wildman–Crippen LogP) is 2.10. The molecule has 16 heavy (non-hydrogen) atoms. The zero-order chi connectivity index (χ0) is 12.1. The van der Waals surface area contributed by atoms with Crippen LogP contribution in [0.15, 0.2) is 24.3 Å². The van der Waals surface area contributed by atoms with Gasteiger partial charge in [0.1, 0.15) is 5.75 Å². The fraction of sp³-hybridized carbons (Fsp3) is 0.462. The van der Waals surface area contributed by atoms with Crippen molar-refractivity contribution in [1.82, 2.24) is 4.90 Å². The summed E-state index contributed by atoms with van der Waals surface area (Å²) in [5.74, 6) is 0.956. The topological polar surface area (TPSA) is 29.5 Å². The molecule has 0 heterocycles. The van der Waals surface area contributed by atoms with Crippen LogP contribution in [0, 0.1) is 0 Å². The van der Waals surface area contributed by atoms with Gasteiger partial charge in [0.2, 0.25) is 5.91 Å². The van der Waals surface area contributed by atoms with Crippen molar-refractivity contribution in [3.05, 3.63) is 29.8 Å². The molecule has 88 valence electrons. The van der Waals surface area contributed by atoms with Crippen molar-refractivity contribution in [2.75, 3.05) is 14.2 Å². The number of carbonyl (C=O) groups is 1. The van der Waals surface area contributed by atoms with Crippen LogP contribution in [-0.2, 0) is 11.2 Å². The molecule has 3 nitrogen and oxygen atoms in total. The number of nitrogens with zero attached hydrogens (tertiary/aromatic N) is 1. The minimum absolute atomic E-state index is 0.0982. The number of benzene rings is 1. The smallest absolute Gasteiger partial charge is 0.219 e. The first-order valence-corrected chi connectivity index (χ1v) is 5.41. The third-order valence-corrected chi connectivity index (χ3v) is 2.85. The van der Waals surface area contributed by atoms with Gasteiger partial charge in [-0.3, -0.25) is 4.79 Å². The van der Waals surface area contributed by atoms with E-state index in [1.807, 2.05) is 38.2 Å². The highest BCUT2D eigenvalue weighted by atomic mass is 16.5. The van der Waals surface area contributed by atoms with E-state index in [0.29, 0.717) is 0 Å². The summed E-state index contributed by atoms with van der Waals surface area (Å²) in [5, 5.41) is 0. The molecule has 0 spiro atoms. The largest absolute Gasteiger partial charge is 0.497 e. The van der Waals surface area contributed by atoms with E-state index < -0.39 is 0 Å². The summed E-state index contributed by atoms with van der Waals surface area (Å²) in [6.45, 7) is 3.64. The molecule has 1 amide bonds. The summed E-state index contributed by atoms with van der Waals surface area (Å²) < 4.78 is 5.10. The highest BCUT2D eigenvalue weighted by Crippen LogP contribution is 2.14. The van der Waals surface area contributed by atoms with E-state index in [1.165, 1.54) is 5.56 Å². The van der Waals surface area contributed by atoms with Crippen LogP contribution >= 0.6 is 0 Å². The Morgan fingerprint density at radius 1 is 1.38 bits per heavy atom. The lowest BCUT2D eigenvalue weighted by Gasteiger charge is -2.23. The van der Waals surface area contributed by atoms with Crippen LogP contribution in [0.3, 0.4) is 0 Å². The van der Waals surface area contributed by atoms with Gasteiger partial charge in [0.05, 0.1) is 7.11 Å². The van der Waals surface area contributed by atoms with E-state index in [1.54, 1.807) is 18.9 Å². The van der Waals surface area contributed by atoms with Crippen LogP contribution < -0.4 is 4.74 Å². The fourth-order valence-corrected chi connectivity index (χ4v) is 1.55. The van der Waals surface area contributed by atoms with E-state index >= 15 is 0 Å². The number of ether oxygens (including phenoxy) is 1. The van der Waals surface area contributed by atoms with Crippen molar-refractivity contribution >= 4 is 5.91 Å². The lowest BCUT2D eigenvalue weighted by Crippen LogP contribution is -2.34. The van der Waals surface area contributed by atoms with Crippen LogP contribution in [0.5, 0.6) is 5.75 Å². The summed E-state index contributed by atoms with van der Waals surface area (Å²) >= 11 is 0. The average molecular weight is 221 g/mol. The Bertz CT molecular complexity index is 345. The van der Waals surface area contributed by atoms with Crippen LogP contribution in [0.25, 0.3) is 0 Å². The van der Waals surface area contributed by atoms with Gasteiger partial charge in [-0.2, -0.15) is 0 Å². The lowest BCUT2D eigenvalue weighted by molar-refractivity contribution is -0.129. The van der Waals surface area contributed by atoms with E-state index in [-0.39, 0.29) is 11.9 Å². The average Bonchev–Trinajstić information content (AvgIpc) is 2.28. The predicted molar refractivity (Wildman–Crippen MR) is 64.6 cm³/mol. The van der Waals surface area contributed by atoms with E-state index in [2.05, 4.69) is 0 Å². The van der Waals surface area contributed by atoms with Crippen LogP contribution in [0.4, 0.5) is 0 Å². The van der Waals surface area contributed by atoms with Crippen molar-refractivity contribution in [2.24, 2.45) is 0 Å². The first kappa shape index (κ1) is 12.6. The molecule has 0 saturated heterocycles. The van der Waals surface area contributed by atoms with Gasteiger partial charge >= 0.3 is 0 Å². The standard InChI is InChI=1S/C13H19NO2/c1-10(14(3)11(2)15)9-12-5-7-13(16-4)8-6-12/h5-8,10H,9H2,1-4H3. The molecule has 1 aromatic rings. The summed E-state index contributed by atoms with van der Waals surface area (Å²) in [4.78, 5) is 12.9. The molecule has 3 heteroatoms. The summed E-state index contributed by atoms with van der Waals surface area (Å²) in [6, 6.07) is 8.16. The number of rotatable bonds is 4. The number of carbonyl (C=O) groups excluding carboxylic acids is 1. The quantitative estimate of drug-likeness (QED) is 0.779. The molecule has 0 aliphatic rings. The zero-order valence-electron chi connectivity index (χ0n) is 10.4. The number of methoxy groups -OCH3 is 1. The minimum atomic E-state index is 0.0982. The number of amides is 1. The number of hydrogen-bond donors (Lipinski definition) is 0. The molecule has 0 N–H and O–H groups in total. The second-order valence-corrected chi connectivity index (χ2v) is 4.03. The van der Waals surface area contributed by atoms with Gasteiger partial charge in [-0.05, 0) is 31.0 Å². The fourth-order valence-electron chi connectivity index (χ4n) is 1.55. The van der Waals surface area contributed by atoms with Gasteiger partial charge < -0.3 is 9.64 Å². The van der Waals surface area contributed by atoms with Gasteiger partial charge in [-0.15, -0.1) is 0 Å². The third-order valence-electron chi connectivity index (χ3n) is 2.85. The molecule has 0 aromatic heterocycles. The Labute approximate surface area is 97.0 Å². The second kappa shape index (κ2) is 5.54. The molecule has 1 unspecified atom stereocenters. The van der Waals surface area contributed by atoms with E-state index in [4.69, 9.17) is 4.74 Å². The Morgan fingerprint density at radius 3 is 2.38 bits per heavy atom. The molecule has 0 aliphatic carbocycles. The van der Waals surface area contributed by atoms with Crippen LogP contribution in [0.2, 0.25) is 0 Å². The van der Waals surface area contributed by atoms with Crippen LogP contribution in [-0.4, -0.2) is 31.0 Å². The zero-order valence-corrected chi connectivity index (χ0v) is 10.4. The highest BCUT2D eigenvalue weighted by Gasteiger charge is 2.11. The van der Waals surface area contributed by atoms with Crippen molar-refractivity contribution in [1.29, 1.82) is 0 Å². The maximum absolute atomic E-state index is 11.2. The van der Waals surface area contributed by atoms with Gasteiger partial charge in [-0.25, -0.2) is 0 Å². The summed E-state index contributed by atoms with van der Waals surface area (Å²) in [5.41, 5.74) is 1.21. The van der Waals surface area contributed by atoms with Gasteiger partial charge in [0.15, 0.2) is 0 Å². The molecule has 1 rings (SSSR count). The van der Waals surface area contributed by atoms with E-state index in [9.17, 15) is 4.79 Å². The number of likely N-dealkylation sites (N-methyl/N-ethyl adjacent to an activating group) is 1. The van der Waals surface area contributed by atoms with Crippen molar-refractivity contribution in [3.8, 4) is 5.75 Å². The van der Waals surface area contributed by atoms with Crippen molar-refractivity contribution in [3.63, 3.8) is 0 Å². The monoisotopic (exact) mass is 221 g/mol. The van der Waals surface area contributed by atoms with Gasteiger partial charge in [-0.1, -0.05) is 12.1 Å². The Morgan fingerprint density at radius 2 is 1.94 bits per heavy atom. The van der Waals surface area contributed by atoms with Crippen molar-refractivity contribution in [2.45, 2.75) is 26.3 Å². The van der Waals surface area contributed by atoms with Crippen molar-refractivity contribution < 1.29 is 9.53 Å². The highest BCUT2D eigenvalue weighted by molar-refractivity contribution is 5.73. The maximum Gasteiger partial charge on any atom is 0.219 e. The Balaban J connectivity index is 2.62. The van der Waals surface area contributed by atoms with E-state index in [0.717, 1.165) is 12.2 Å². The maximum atomic E-state index is 11.2. The summed E-state index contributed by atoms with van der Waals surface area (Å²) in [7, 11) is 3.48. The first-order chi connectivity index (χ1) is 7.54. The molecule has 0 fully saturated rings. The van der Waals surface area contributed by atoms with Crippen LogP contribution in [0.1, 0.15) is 19.4 Å². The molecule has 1 aromatic carbocycles.